The molecule has 3 rings (SSSR count). The second kappa shape index (κ2) is 10.8. The molecule has 3 aromatic rings. The summed E-state index contributed by atoms with van der Waals surface area (Å²) >= 11 is 0. The van der Waals surface area contributed by atoms with Crippen molar-refractivity contribution in [3.8, 4) is 5.75 Å². The summed E-state index contributed by atoms with van der Waals surface area (Å²) in [6.07, 6.45) is 2.72. The normalized spacial score (nSPS) is 11.1. The van der Waals surface area contributed by atoms with Crippen LogP contribution in [0.5, 0.6) is 5.75 Å². The molecule has 6 nitrogen and oxygen atoms in total. The first-order valence-corrected chi connectivity index (χ1v) is 9.38. The molecule has 0 aliphatic heterocycles. The van der Waals surface area contributed by atoms with Gasteiger partial charge >= 0.3 is 0 Å². The van der Waals surface area contributed by atoms with Gasteiger partial charge in [0.1, 0.15) is 23.9 Å². The lowest BCUT2D eigenvalue weighted by molar-refractivity contribution is -0.124. The van der Waals surface area contributed by atoms with Crippen LogP contribution in [-0.2, 0) is 17.9 Å². The minimum atomic E-state index is -0.605. The fourth-order valence-corrected chi connectivity index (χ4v) is 2.85. The SMILES string of the molecule is O=C(/C=C/c1ccc(CN(CCOc2ccccc2)Cc2ccccc2)o1)NO. The van der Waals surface area contributed by atoms with Crippen molar-refractivity contribution in [3.05, 3.63) is 96.0 Å². The molecule has 1 aromatic heterocycles. The van der Waals surface area contributed by atoms with Gasteiger partial charge in [0.2, 0.25) is 0 Å². The number of nitrogens with zero attached hydrogens (tertiary/aromatic N) is 1. The number of amides is 1. The van der Waals surface area contributed by atoms with Crippen LogP contribution in [-0.4, -0.2) is 29.2 Å². The van der Waals surface area contributed by atoms with Gasteiger partial charge in [0.15, 0.2) is 0 Å². The third-order valence-electron chi connectivity index (χ3n) is 4.24. The van der Waals surface area contributed by atoms with Crippen LogP contribution in [0.4, 0.5) is 0 Å². The molecule has 0 aliphatic rings. The number of carbonyl (C=O) groups excluding carboxylic acids is 1. The molecule has 150 valence electrons. The van der Waals surface area contributed by atoms with Gasteiger partial charge in [-0.15, -0.1) is 0 Å². The lowest BCUT2D eigenvalue weighted by Crippen LogP contribution is -2.27. The summed E-state index contributed by atoms with van der Waals surface area (Å²) < 4.78 is 11.6. The average molecular weight is 392 g/mol. The maximum Gasteiger partial charge on any atom is 0.267 e. The maximum atomic E-state index is 11.1. The number of rotatable bonds is 10. The zero-order valence-corrected chi connectivity index (χ0v) is 16.0. The quantitative estimate of drug-likeness (QED) is 0.311. The number of benzene rings is 2. The van der Waals surface area contributed by atoms with Gasteiger partial charge in [-0.1, -0.05) is 48.5 Å². The summed E-state index contributed by atoms with van der Waals surface area (Å²) in [5.41, 5.74) is 2.76. The lowest BCUT2D eigenvalue weighted by atomic mass is 10.2. The van der Waals surface area contributed by atoms with Gasteiger partial charge < -0.3 is 9.15 Å². The largest absolute Gasteiger partial charge is 0.492 e. The third kappa shape index (κ3) is 6.95. The van der Waals surface area contributed by atoms with Gasteiger partial charge in [-0.25, -0.2) is 5.48 Å². The van der Waals surface area contributed by atoms with Gasteiger partial charge in [0.25, 0.3) is 5.91 Å². The molecular formula is C23H24N2O4. The van der Waals surface area contributed by atoms with Crippen LogP contribution in [0, 0.1) is 0 Å². The summed E-state index contributed by atoms with van der Waals surface area (Å²) in [4.78, 5) is 13.3. The van der Waals surface area contributed by atoms with E-state index in [2.05, 4.69) is 17.0 Å². The van der Waals surface area contributed by atoms with E-state index in [4.69, 9.17) is 14.4 Å². The van der Waals surface area contributed by atoms with Crippen molar-refractivity contribution < 1.29 is 19.2 Å². The molecule has 0 saturated carbocycles. The Bertz CT molecular complexity index is 907. The van der Waals surface area contributed by atoms with Crippen molar-refractivity contribution in [2.45, 2.75) is 13.1 Å². The van der Waals surface area contributed by atoms with E-state index in [1.807, 2.05) is 54.6 Å². The topological polar surface area (TPSA) is 74.9 Å². The smallest absolute Gasteiger partial charge is 0.267 e. The predicted octanol–water partition coefficient (Wildman–Crippen LogP) is 3.88. The van der Waals surface area contributed by atoms with Crippen molar-refractivity contribution in [1.29, 1.82) is 0 Å². The number of nitrogens with one attached hydrogen (secondary N) is 1. The number of hydrogen-bond donors (Lipinski definition) is 2. The molecule has 2 N–H and O–H groups in total. The lowest BCUT2D eigenvalue weighted by Gasteiger charge is -2.21. The number of ether oxygens (including phenoxy) is 1. The monoisotopic (exact) mass is 392 g/mol. The predicted molar refractivity (Wildman–Crippen MR) is 110 cm³/mol. The highest BCUT2D eigenvalue weighted by molar-refractivity contribution is 5.90. The first-order chi connectivity index (χ1) is 14.2. The van der Waals surface area contributed by atoms with Crippen molar-refractivity contribution >= 4 is 12.0 Å². The van der Waals surface area contributed by atoms with E-state index < -0.39 is 5.91 Å². The fraction of sp³-hybridized carbons (Fsp3) is 0.174. The van der Waals surface area contributed by atoms with Gasteiger partial charge in [0, 0.05) is 19.2 Å². The van der Waals surface area contributed by atoms with Crippen LogP contribution in [0.25, 0.3) is 6.08 Å². The van der Waals surface area contributed by atoms with E-state index in [1.54, 1.807) is 11.5 Å². The van der Waals surface area contributed by atoms with Crippen LogP contribution in [0.15, 0.2) is 83.3 Å². The fourth-order valence-electron chi connectivity index (χ4n) is 2.85. The summed E-state index contributed by atoms with van der Waals surface area (Å²) in [5, 5.41) is 8.54. The zero-order valence-electron chi connectivity index (χ0n) is 16.0. The highest BCUT2D eigenvalue weighted by Crippen LogP contribution is 2.15. The summed E-state index contributed by atoms with van der Waals surface area (Å²) in [6.45, 7) is 2.65. The second-order valence-corrected chi connectivity index (χ2v) is 6.47. The van der Waals surface area contributed by atoms with Crippen LogP contribution < -0.4 is 10.2 Å². The Hall–Kier alpha value is -3.35. The third-order valence-corrected chi connectivity index (χ3v) is 4.24. The number of hydroxylamine groups is 1. The molecular weight excluding hydrogens is 368 g/mol. The second-order valence-electron chi connectivity index (χ2n) is 6.47. The molecule has 0 spiro atoms. The number of hydrogen-bond acceptors (Lipinski definition) is 5. The molecule has 0 fully saturated rings. The van der Waals surface area contributed by atoms with Crippen molar-refractivity contribution in [2.75, 3.05) is 13.2 Å². The number of carbonyl (C=O) groups is 1. The van der Waals surface area contributed by atoms with Crippen LogP contribution in [0.3, 0.4) is 0 Å². The van der Waals surface area contributed by atoms with Crippen LogP contribution in [0.2, 0.25) is 0 Å². The first-order valence-electron chi connectivity index (χ1n) is 9.38. The van der Waals surface area contributed by atoms with Gasteiger partial charge in [-0.3, -0.25) is 14.9 Å². The summed E-state index contributed by atoms with van der Waals surface area (Å²) in [6, 6.07) is 23.6. The van der Waals surface area contributed by atoms with E-state index in [-0.39, 0.29) is 0 Å². The van der Waals surface area contributed by atoms with E-state index in [9.17, 15) is 4.79 Å². The average Bonchev–Trinajstić information content (AvgIpc) is 3.20. The summed E-state index contributed by atoms with van der Waals surface area (Å²) in [5.74, 6) is 1.57. The molecule has 1 amide bonds. The highest BCUT2D eigenvalue weighted by atomic mass is 16.5. The Morgan fingerprint density at radius 2 is 1.72 bits per heavy atom. The minimum Gasteiger partial charge on any atom is -0.492 e. The minimum absolute atomic E-state index is 0.545. The Labute approximate surface area is 170 Å². The standard InChI is InChI=1S/C23H24N2O4/c26-23(24-27)14-13-21-11-12-22(29-21)18-25(17-19-7-3-1-4-8-19)15-16-28-20-9-5-2-6-10-20/h1-14,27H,15-18H2,(H,24,26)/b14-13+. The molecule has 0 aliphatic carbocycles. The van der Waals surface area contributed by atoms with Crippen molar-refractivity contribution in [2.24, 2.45) is 0 Å². The molecule has 6 heteroatoms. The maximum absolute atomic E-state index is 11.1. The molecule has 0 unspecified atom stereocenters. The molecule has 0 saturated heterocycles. The molecule has 1 heterocycles. The van der Waals surface area contributed by atoms with Crippen LogP contribution in [0.1, 0.15) is 17.1 Å². The van der Waals surface area contributed by atoms with Gasteiger partial charge in [0.05, 0.1) is 6.54 Å². The van der Waals surface area contributed by atoms with Crippen LogP contribution >= 0.6 is 0 Å². The molecule has 0 atom stereocenters. The Balaban J connectivity index is 1.62. The Morgan fingerprint density at radius 1 is 1.00 bits per heavy atom. The number of para-hydroxylation sites is 1. The zero-order chi connectivity index (χ0) is 20.3. The Kier molecular flexibility index (Phi) is 7.63. The molecule has 2 aromatic carbocycles. The molecule has 0 radical (unpaired) electrons. The molecule has 0 bridgehead atoms. The van der Waals surface area contributed by atoms with E-state index in [1.165, 1.54) is 17.7 Å². The van der Waals surface area contributed by atoms with Gasteiger partial charge in [-0.2, -0.15) is 0 Å². The summed E-state index contributed by atoms with van der Waals surface area (Å²) in [7, 11) is 0. The number of furan rings is 1. The highest BCUT2D eigenvalue weighted by Gasteiger charge is 2.10. The van der Waals surface area contributed by atoms with E-state index >= 15 is 0 Å². The van der Waals surface area contributed by atoms with E-state index in [0.29, 0.717) is 18.9 Å². The molecule has 29 heavy (non-hydrogen) atoms. The van der Waals surface area contributed by atoms with Crippen molar-refractivity contribution in [1.82, 2.24) is 10.4 Å². The first kappa shape index (κ1) is 20.4. The van der Waals surface area contributed by atoms with Gasteiger partial charge in [-0.05, 0) is 35.9 Å². The van der Waals surface area contributed by atoms with E-state index in [0.717, 1.165) is 24.6 Å². The van der Waals surface area contributed by atoms with Crippen molar-refractivity contribution in [3.63, 3.8) is 0 Å². The Morgan fingerprint density at radius 3 is 2.45 bits per heavy atom.